The summed E-state index contributed by atoms with van der Waals surface area (Å²) in [5, 5.41) is 9.86. The number of hydrogen-bond acceptors (Lipinski definition) is 2. The summed E-state index contributed by atoms with van der Waals surface area (Å²) in [4.78, 5) is 11.8. The van der Waals surface area contributed by atoms with Crippen molar-refractivity contribution in [2.75, 3.05) is 0 Å². The van der Waals surface area contributed by atoms with Gasteiger partial charge >= 0.3 is 0 Å². The molecule has 112 valence electrons. The lowest BCUT2D eigenvalue weighted by Gasteiger charge is -2.04. The van der Waals surface area contributed by atoms with E-state index in [-0.39, 0.29) is 12.2 Å². The van der Waals surface area contributed by atoms with Crippen LogP contribution in [0.3, 0.4) is 0 Å². The number of hydrogen-bond donors (Lipinski definition) is 1. The minimum absolute atomic E-state index is 0.162. The fraction of sp³-hybridized carbons (Fsp3) is 0.150. The van der Waals surface area contributed by atoms with Crippen molar-refractivity contribution in [1.82, 2.24) is 0 Å². The number of carbonyl (C=O) groups is 1. The van der Waals surface area contributed by atoms with Crippen molar-refractivity contribution in [3.05, 3.63) is 83.9 Å². The predicted molar refractivity (Wildman–Crippen MR) is 91.2 cm³/mol. The Bertz CT molecular complexity index is 627. The van der Waals surface area contributed by atoms with Crippen LogP contribution in [-0.2, 0) is 4.79 Å². The second-order valence-electron chi connectivity index (χ2n) is 5.05. The Morgan fingerprint density at radius 2 is 1.36 bits per heavy atom. The van der Waals surface area contributed by atoms with Gasteiger partial charge in [-0.3, -0.25) is 4.79 Å². The summed E-state index contributed by atoms with van der Waals surface area (Å²) in [6.45, 7) is 0. The lowest BCUT2D eigenvalue weighted by atomic mass is 10.1. The normalized spacial score (nSPS) is 12.8. The van der Waals surface area contributed by atoms with E-state index >= 15 is 0 Å². The molecule has 2 heteroatoms. The maximum atomic E-state index is 11.8. The molecule has 0 spiro atoms. The zero-order valence-corrected chi connectivity index (χ0v) is 12.4. The summed E-state index contributed by atoms with van der Waals surface area (Å²) in [7, 11) is 0. The van der Waals surface area contributed by atoms with E-state index in [1.54, 1.807) is 6.08 Å². The molecule has 22 heavy (non-hydrogen) atoms. The standard InChI is InChI=1S/C20H20O2/c21-19(15-7-13-17-9-3-1-4-10-17)20(22)16-8-14-18-11-5-2-6-12-18/h1-14,19,21H,15-16H2/b13-7+,14-8+. The van der Waals surface area contributed by atoms with Gasteiger partial charge in [-0.05, 0) is 17.5 Å². The minimum Gasteiger partial charge on any atom is -0.385 e. The van der Waals surface area contributed by atoms with Gasteiger partial charge < -0.3 is 5.11 Å². The molecule has 1 unspecified atom stereocenters. The molecule has 0 bridgehead atoms. The van der Waals surface area contributed by atoms with Crippen molar-refractivity contribution in [3.8, 4) is 0 Å². The molecule has 0 fully saturated rings. The van der Waals surface area contributed by atoms with Crippen LogP contribution in [0.4, 0.5) is 0 Å². The van der Waals surface area contributed by atoms with Crippen molar-refractivity contribution in [3.63, 3.8) is 0 Å². The van der Waals surface area contributed by atoms with Crippen molar-refractivity contribution in [1.29, 1.82) is 0 Å². The van der Waals surface area contributed by atoms with Crippen LogP contribution in [0, 0.1) is 0 Å². The highest BCUT2D eigenvalue weighted by molar-refractivity contribution is 5.85. The first kappa shape index (κ1) is 15.9. The van der Waals surface area contributed by atoms with E-state index in [0.717, 1.165) is 11.1 Å². The molecule has 0 aliphatic carbocycles. The molecule has 2 aromatic rings. The Morgan fingerprint density at radius 1 is 0.864 bits per heavy atom. The molecule has 2 nitrogen and oxygen atoms in total. The Hall–Kier alpha value is -2.45. The second kappa shape index (κ2) is 8.75. The third-order valence-electron chi connectivity index (χ3n) is 3.27. The van der Waals surface area contributed by atoms with E-state index in [1.807, 2.05) is 78.9 Å². The van der Waals surface area contributed by atoms with Gasteiger partial charge in [-0.15, -0.1) is 0 Å². The SMILES string of the molecule is O=C(C/C=C/c1ccccc1)C(O)C/C=C/c1ccccc1. The van der Waals surface area contributed by atoms with Gasteiger partial charge in [0.1, 0.15) is 6.10 Å². The van der Waals surface area contributed by atoms with Crippen molar-refractivity contribution in [2.45, 2.75) is 18.9 Å². The number of allylic oxidation sites excluding steroid dienone is 1. The fourth-order valence-corrected chi connectivity index (χ4v) is 2.04. The quantitative estimate of drug-likeness (QED) is 0.833. The van der Waals surface area contributed by atoms with Gasteiger partial charge in [0.15, 0.2) is 5.78 Å². The molecule has 1 atom stereocenters. The molecule has 0 amide bonds. The van der Waals surface area contributed by atoms with Crippen molar-refractivity contribution >= 4 is 17.9 Å². The molecule has 0 aliphatic rings. The van der Waals surface area contributed by atoms with E-state index in [0.29, 0.717) is 6.42 Å². The van der Waals surface area contributed by atoms with Crippen LogP contribution in [0.5, 0.6) is 0 Å². The van der Waals surface area contributed by atoms with Gasteiger partial charge in [0.25, 0.3) is 0 Å². The number of ketones is 1. The van der Waals surface area contributed by atoms with Crippen LogP contribution in [0.1, 0.15) is 24.0 Å². The second-order valence-corrected chi connectivity index (χ2v) is 5.05. The van der Waals surface area contributed by atoms with Gasteiger partial charge in [0.05, 0.1) is 0 Å². The monoisotopic (exact) mass is 292 g/mol. The number of Topliss-reactive ketones (excluding diaryl/α,β-unsaturated/α-hetero) is 1. The average molecular weight is 292 g/mol. The number of benzene rings is 2. The Morgan fingerprint density at radius 3 is 1.91 bits per heavy atom. The van der Waals surface area contributed by atoms with Gasteiger partial charge in [-0.2, -0.15) is 0 Å². The smallest absolute Gasteiger partial charge is 0.165 e. The maximum absolute atomic E-state index is 11.8. The fourth-order valence-electron chi connectivity index (χ4n) is 2.04. The topological polar surface area (TPSA) is 37.3 Å². The van der Waals surface area contributed by atoms with Crippen LogP contribution in [0.15, 0.2) is 72.8 Å². The highest BCUT2D eigenvalue weighted by Crippen LogP contribution is 2.07. The van der Waals surface area contributed by atoms with Crippen molar-refractivity contribution in [2.24, 2.45) is 0 Å². The van der Waals surface area contributed by atoms with Gasteiger partial charge in [0, 0.05) is 6.42 Å². The van der Waals surface area contributed by atoms with E-state index in [1.165, 1.54) is 0 Å². The highest BCUT2D eigenvalue weighted by Gasteiger charge is 2.11. The van der Waals surface area contributed by atoms with Crippen LogP contribution < -0.4 is 0 Å². The van der Waals surface area contributed by atoms with E-state index in [9.17, 15) is 9.90 Å². The third kappa shape index (κ3) is 5.51. The molecular formula is C20H20O2. The van der Waals surface area contributed by atoms with Gasteiger partial charge in [-0.1, -0.05) is 85.0 Å². The molecule has 0 aliphatic heterocycles. The van der Waals surface area contributed by atoms with Gasteiger partial charge in [-0.25, -0.2) is 0 Å². The lowest BCUT2D eigenvalue weighted by molar-refractivity contribution is -0.126. The van der Waals surface area contributed by atoms with Crippen LogP contribution in [0.25, 0.3) is 12.2 Å². The lowest BCUT2D eigenvalue weighted by Crippen LogP contribution is -2.18. The predicted octanol–water partition coefficient (Wildman–Crippen LogP) is 4.12. The van der Waals surface area contributed by atoms with Crippen LogP contribution >= 0.6 is 0 Å². The molecular weight excluding hydrogens is 272 g/mol. The first-order chi connectivity index (χ1) is 10.8. The number of rotatable bonds is 7. The Labute approximate surface area is 131 Å². The molecule has 0 radical (unpaired) electrons. The molecule has 0 aromatic heterocycles. The molecule has 2 aromatic carbocycles. The summed E-state index contributed by atoms with van der Waals surface area (Å²) < 4.78 is 0. The largest absolute Gasteiger partial charge is 0.385 e. The van der Waals surface area contributed by atoms with Crippen molar-refractivity contribution < 1.29 is 9.90 Å². The third-order valence-corrected chi connectivity index (χ3v) is 3.27. The molecule has 0 saturated carbocycles. The maximum Gasteiger partial charge on any atom is 0.165 e. The first-order valence-electron chi connectivity index (χ1n) is 7.39. The van der Waals surface area contributed by atoms with Crippen LogP contribution in [0.2, 0.25) is 0 Å². The molecule has 1 N–H and O–H groups in total. The van der Waals surface area contributed by atoms with E-state index in [2.05, 4.69) is 0 Å². The number of aliphatic hydroxyl groups is 1. The van der Waals surface area contributed by atoms with Crippen LogP contribution in [-0.4, -0.2) is 17.0 Å². The Kier molecular flexibility index (Phi) is 6.34. The Balaban J connectivity index is 1.77. The molecule has 0 heterocycles. The van der Waals surface area contributed by atoms with E-state index in [4.69, 9.17) is 0 Å². The first-order valence-corrected chi connectivity index (χ1v) is 7.39. The summed E-state index contributed by atoms with van der Waals surface area (Å²) in [5.41, 5.74) is 2.11. The van der Waals surface area contributed by atoms with Gasteiger partial charge in [0.2, 0.25) is 0 Å². The molecule has 0 saturated heterocycles. The summed E-state index contributed by atoms with van der Waals surface area (Å²) in [6, 6.07) is 19.6. The summed E-state index contributed by atoms with van der Waals surface area (Å²) in [5.74, 6) is -0.162. The average Bonchev–Trinajstić information content (AvgIpc) is 2.56. The number of aliphatic hydroxyl groups excluding tert-OH is 1. The highest BCUT2D eigenvalue weighted by atomic mass is 16.3. The minimum atomic E-state index is -0.944. The molecule has 2 rings (SSSR count). The zero-order valence-electron chi connectivity index (χ0n) is 12.4. The summed E-state index contributed by atoms with van der Waals surface area (Å²) in [6.07, 6.45) is 7.07. The summed E-state index contributed by atoms with van der Waals surface area (Å²) >= 11 is 0. The number of carbonyl (C=O) groups excluding carboxylic acids is 1. The van der Waals surface area contributed by atoms with E-state index < -0.39 is 6.10 Å². The zero-order chi connectivity index (χ0) is 15.6.